The summed E-state index contributed by atoms with van der Waals surface area (Å²) >= 11 is 0. The zero-order chi connectivity index (χ0) is 28.2. The molecule has 2 N–H and O–H groups in total. The second-order valence-electron chi connectivity index (χ2n) is 9.86. The number of nitrogens with zero attached hydrogens (tertiary/aromatic N) is 2. The van der Waals surface area contributed by atoms with E-state index < -0.39 is 45.9 Å². The minimum Gasteiger partial charge on any atom is -0.470 e. The molecule has 0 aliphatic carbocycles. The van der Waals surface area contributed by atoms with Gasteiger partial charge in [0.1, 0.15) is 18.3 Å². The Hall–Kier alpha value is -3.45. The predicted molar refractivity (Wildman–Crippen MR) is 143 cm³/mol. The Morgan fingerprint density at radius 1 is 1.00 bits per heavy atom. The van der Waals surface area contributed by atoms with Gasteiger partial charge in [0.2, 0.25) is 0 Å². The number of H-pyrrole nitrogens is 1. The Kier molecular flexibility index (Phi) is 6.61. The number of alkyl halides is 3. The third-order valence-electron chi connectivity index (χ3n) is 7.27. The van der Waals surface area contributed by atoms with Gasteiger partial charge in [0.25, 0.3) is 0 Å². The van der Waals surface area contributed by atoms with Crippen molar-refractivity contribution in [2.75, 3.05) is 26.5 Å². The molecule has 4 heterocycles. The maximum atomic E-state index is 14.1. The van der Waals surface area contributed by atoms with Crippen molar-refractivity contribution < 1.29 is 36.7 Å². The van der Waals surface area contributed by atoms with Gasteiger partial charge in [-0.2, -0.15) is 13.2 Å². The van der Waals surface area contributed by atoms with E-state index in [4.69, 9.17) is 14.2 Å². The van der Waals surface area contributed by atoms with Crippen LogP contribution in [-0.4, -0.2) is 70.2 Å². The Morgan fingerprint density at radius 3 is 2.27 bits per heavy atom. The third kappa shape index (κ3) is 4.85. The SMILES string of the molecule is CN=S(C)(=O)c1ccc(-c2ccc(-c3nc4cc(O[C@@H]5CO[C@@H]6C(O)CO[C@@H]65)[nH]c4cc3C(F)(F)F)cc2)cc1. The van der Waals surface area contributed by atoms with E-state index in [1.165, 1.54) is 7.05 Å². The zero-order valence-corrected chi connectivity index (χ0v) is 22.3. The molecular weight excluding hydrogens is 547 g/mol. The lowest BCUT2D eigenvalue weighted by atomic mass is 10.00. The van der Waals surface area contributed by atoms with Crippen LogP contribution >= 0.6 is 0 Å². The topological polar surface area (TPSA) is 106 Å². The standard InChI is InChI=1S/C28H26F3N3O5S/c1-32-40(2,36)18-9-7-16(8-10-18)15-3-5-17(6-4-15)25-19(28(29,30)31)11-20-21(34-25)12-24(33-20)39-23-14-38-26-22(35)13-37-27(23)26/h3-12,22-23,26-27,33,35H,13-14H2,1-2H3/t22?,23-,26-,27-,40?/m1/s1. The number of pyridine rings is 1. The molecular formula is C28H26F3N3O5S. The number of benzene rings is 2. The smallest absolute Gasteiger partial charge is 0.418 e. The number of aliphatic hydroxyl groups is 1. The quantitative estimate of drug-likeness (QED) is 0.352. The lowest BCUT2D eigenvalue weighted by molar-refractivity contribution is -0.137. The summed E-state index contributed by atoms with van der Waals surface area (Å²) in [5.74, 6) is 0.234. The molecule has 0 radical (unpaired) electrons. The molecule has 5 atom stereocenters. The van der Waals surface area contributed by atoms with Gasteiger partial charge in [-0.25, -0.2) is 13.6 Å². The molecule has 2 aromatic carbocycles. The summed E-state index contributed by atoms with van der Waals surface area (Å²) < 4.78 is 75.8. The number of ether oxygens (including phenoxy) is 3. The molecule has 2 aromatic heterocycles. The van der Waals surface area contributed by atoms with Crippen molar-refractivity contribution in [1.82, 2.24) is 9.97 Å². The van der Waals surface area contributed by atoms with E-state index in [9.17, 15) is 22.5 Å². The Balaban J connectivity index is 1.30. The van der Waals surface area contributed by atoms with Gasteiger partial charge in [-0.3, -0.25) is 0 Å². The minimum atomic E-state index is -4.64. The molecule has 2 unspecified atom stereocenters. The first-order chi connectivity index (χ1) is 19.0. The highest BCUT2D eigenvalue weighted by Crippen LogP contribution is 2.39. The number of halogens is 3. The summed E-state index contributed by atoms with van der Waals surface area (Å²) in [5, 5.41) is 9.93. The van der Waals surface area contributed by atoms with Crippen LogP contribution in [0.15, 0.2) is 69.9 Å². The first-order valence-corrected chi connectivity index (χ1v) is 14.5. The highest BCUT2D eigenvalue weighted by Gasteiger charge is 2.48. The third-order valence-corrected chi connectivity index (χ3v) is 9.12. The normalized spacial score (nSPS) is 24.1. The summed E-state index contributed by atoms with van der Waals surface area (Å²) in [5.41, 5.74) is 1.33. The summed E-state index contributed by atoms with van der Waals surface area (Å²) in [6.07, 6.45) is -5.29. The van der Waals surface area contributed by atoms with Gasteiger partial charge in [-0.1, -0.05) is 36.4 Å². The second-order valence-corrected chi connectivity index (χ2v) is 12.3. The van der Waals surface area contributed by atoms with Crippen LogP contribution in [0.5, 0.6) is 5.88 Å². The molecule has 210 valence electrons. The van der Waals surface area contributed by atoms with Gasteiger partial charge in [-0.05, 0) is 29.3 Å². The molecule has 8 nitrogen and oxygen atoms in total. The Labute approximate surface area is 228 Å². The highest BCUT2D eigenvalue weighted by atomic mass is 32.2. The van der Waals surface area contributed by atoms with E-state index in [0.717, 1.165) is 17.2 Å². The first kappa shape index (κ1) is 26.8. The number of rotatable bonds is 5. The fourth-order valence-corrected chi connectivity index (χ4v) is 5.92. The van der Waals surface area contributed by atoms with Gasteiger partial charge in [0.15, 0.2) is 12.0 Å². The molecule has 6 rings (SSSR count). The fourth-order valence-electron chi connectivity index (χ4n) is 5.06. The molecule has 0 saturated carbocycles. The molecule has 2 fully saturated rings. The van der Waals surface area contributed by atoms with Crippen molar-refractivity contribution in [3.8, 4) is 28.3 Å². The van der Waals surface area contributed by atoms with E-state index in [1.807, 2.05) is 0 Å². The van der Waals surface area contributed by atoms with Crippen molar-refractivity contribution in [2.45, 2.75) is 35.5 Å². The number of fused-ring (bicyclic) bond motifs is 2. The van der Waals surface area contributed by atoms with Crippen molar-refractivity contribution in [3.05, 3.63) is 66.2 Å². The Morgan fingerprint density at radius 2 is 1.62 bits per heavy atom. The fraction of sp³-hybridized carbons (Fsp3) is 0.321. The van der Waals surface area contributed by atoms with E-state index in [2.05, 4.69) is 14.3 Å². The van der Waals surface area contributed by atoms with E-state index in [-0.39, 0.29) is 30.3 Å². The lowest BCUT2D eigenvalue weighted by Crippen LogP contribution is -2.34. The molecule has 4 aromatic rings. The van der Waals surface area contributed by atoms with Gasteiger partial charge in [0.05, 0.1) is 45.2 Å². The largest absolute Gasteiger partial charge is 0.470 e. The zero-order valence-electron chi connectivity index (χ0n) is 21.5. The summed E-state index contributed by atoms with van der Waals surface area (Å²) in [6, 6.07) is 16.3. The summed E-state index contributed by atoms with van der Waals surface area (Å²) in [6.45, 7) is 0.329. The maximum absolute atomic E-state index is 14.1. The predicted octanol–water partition coefficient (Wildman–Crippen LogP) is 4.91. The van der Waals surface area contributed by atoms with Crippen LogP contribution in [0.2, 0.25) is 0 Å². The van der Waals surface area contributed by atoms with Crippen LogP contribution in [0.25, 0.3) is 33.4 Å². The van der Waals surface area contributed by atoms with E-state index in [0.29, 0.717) is 16.0 Å². The van der Waals surface area contributed by atoms with E-state index >= 15 is 0 Å². The van der Waals surface area contributed by atoms with Crippen molar-refractivity contribution in [2.24, 2.45) is 4.36 Å². The number of aromatic amines is 1. The number of hydrogen-bond donors (Lipinski definition) is 2. The second kappa shape index (κ2) is 9.88. The average Bonchev–Trinajstić information content (AvgIpc) is 3.64. The molecule has 2 saturated heterocycles. The van der Waals surface area contributed by atoms with Crippen molar-refractivity contribution in [1.29, 1.82) is 0 Å². The van der Waals surface area contributed by atoms with Crippen LogP contribution < -0.4 is 4.74 Å². The highest BCUT2D eigenvalue weighted by molar-refractivity contribution is 7.93. The van der Waals surface area contributed by atoms with Gasteiger partial charge >= 0.3 is 6.18 Å². The van der Waals surface area contributed by atoms with Gasteiger partial charge in [-0.15, -0.1) is 0 Å². The summed E-state index contributed by atoms with van der Waals surface area (Å²) in [4.78, 5) is 7.83. The van der Waals surface area contributed by atoms with Crippen molar-refractivity contribution in [3.63, 3.8) is 0 Å². The van der Waals surface area contributed by atoms with Crippen LogP contribution in [0.3, 0.4) is 0 Å². The van der Waals surface area contributed by atoms with Crippen LogP contribution in [0.4, 0.5) is 13.2 Å². The minimum absolute atomic E-state index is 0.140. The Bertz CT molecular complexity index is 1680. The monoisotopic (exact) mass is 573 g/mol. The molecule has 0 amide bonds. The molecule has 2 aliphatic heterocycles. The first-order valence-electron chi connectivity index (χ1n) is 12.5. The average molecular weight is 574 g/mol. The van der Waals surface area contributed by atoms with Gasteiger partial charge in [0, 0.05) is 29.8 Å². The van der Waals surface area contributed by atoms with Crippen molar-refractivity contribution >= 4 is 20.8 Å². The number of aromatic nitrogens is 2. The van der Waals surface area contributed by atoms with Gasteiger partial charge < -0.3 is 24.3 Å². The van der Waals surface area contributed by atoms with E-state index in [1.54, 1.807) is 60.9 Å². The molecule has 12 heteroatoms. The van der Waals surface area contributed by atoms with Crippen LogP contribution in [0, 0.1) is 0 Å². The number of aliphatic hydroxyl groups excluding tert-OH is 1. The number of nitrogens with one attached hydrogen (secondary N) is 1. The molecule has 2 aliphatic rings. The lowest BCUT2D eigenvalue weighted by Gasteiger charge is -2.16. The molecule has 0 bridgehead atoms. The molecule has 0 spiro atoms. The molecule has 40 heavy (non-hydrogen) atoms. The number of hydrogen-bond acceptors (Lipinski definition) is 7. The van der Waals surface area contributed by atoms with Crippen LogP contribution in [-0.2, 0) is 25.4 Å². The summed E-state index contributed by atoms with van der Waals surface area (Å²) in [7, 11) is -0.955. The van der Waals surface area contributed by atoms with Crippen LogP contribution in [0.1, 0.15) is 5.56 Å². The maximum Gasteiger partial charge on any atom is 0.418 e.